The van der Waals surface area contributed by atoms with Crippen LogP contribution in [0.25, 0.3) is 0 Å². The third-order valence-corrected chi connectivity index (χ3v) is 4.79. The number of aromatic nitrogens is 1. The van der Waals surface area contributed by atoms with Crippen LogP contribution in [-0.4, -0.2) is 16.7 Å². The lowest BCUT2D eigenvalue weighted by molar-refractivity contribution is 0.0725. The zero-order valence-corrected chi connectivity index (χ0v) is 17.2. The molecule has 2 aromatic carbocycles. The van der Waals surface area contributed by atoms with E-state index in [4.69, 9.17) is 39.5 Å². The molecule has 0 aliphatic rings. The van der Waals surface area contributed by atoms with Crippen molar-refractivity contribution in [2.45, 2.75) is 13.8 Å². The van der Waals surface area contributed by atoms with Crippen LogP contribution in [-0.2, 0) is 0 Å². The number of benzene rings is 2. The normalized spacial score (nSPS) is 10.6. The van der Waals surface area contributed by atoms with Crippen LogP contribution in [0.5, 0.6) is 5.88 Å². The molecule has 0 aliphatic heterocycles. The van der Waals surface area contributed by atoms with Gasteiger partial charge in [-0.15, -0.1) is 0 Å². The molecule has 1 aromatic heterocycles. The van der Waals surface area contributed by atoms with Gasteiger partial charge in [-0.25, -0.2) is 9.78 Å². The van der Waals surface area contributed by atoms with E-state index in [1.54, 1.807) is 44.2 Å². The lowest BCUT2D eigenvalue weighted by Crippen LogP contribution is -2.16. The fourth-order valence-corrected chi connectivity index (χ4v) is 3.73. The standard InChI is InChI=1S/C21H14Cl3NO3/c1-11-8-12(2)25-20(17(11)19(26)13-6-4-3-5-7-13)28-21(27)18-15(23)9-14(22)10-16(18)24/h3-10H,1-2H3. The first-order chi connectivity index (χ1) is 13.3. The molecule has 142 valence electrons. The van der Waals surface area contributed by atoms with Gasteiger partial charge >= 0.3 is 5.97 Å². The van der Waals surface area contributed by atoms with Gasteiger partial charge in [0.2, 0.25) is 5.88 Å². The van der Waals surface area contributed by atoms with Gasteiger partial charge in [0.1, 0.15) is 0 Å². The van der Waals surface area contributed by atoms with E-state index in [-0.39, 0.29) is 37.9 Å². The molecule has 0 saturated heterocycles. The topological polar surface area (TPSA) is 56.3 Å². The summed E-state index contributed by atoms with van der Waals surface area (Å²) in [6.07, 6.45) is 0. The molecule has 0 amide bonds. The number of carbonyl (C=O) groups is 2. The fraction of sp³-hybridized carbons (Fsp3) is 0.0952. The van der Waals surface area contributed by atoms with Crippen LogP contribution in [0.15, 0.2) is 48.5 Å². The summed E-state index contributed by atoms with van der Waals surface area (Å²) in [6, 6.07) is 13.2. The Labute approximate surface area is 177 Å². The molecule has 4 nitrogen and oxygen atoms in total. The average Bonchev–Trinajstić information content (AvgIpc) is 2.60. The lowest BCUT2D eigenvalue weighted by Gasteiger charge is -2.13. The summed E-state index contributed by atoms with van der Waals surface area (Å²) in [6.45, 7) is 3.49. The molecule has 0 spiro atoms. The van der Waals surface area contributed by atoms with Crippen molar-refractivity contribution in [2.24, 2.45) is 0 Å². The molecule has 3 rings (SSSR count). The summed E-state index contributed by atoms with van der Waals surface area (Å²) in [7, 11) is 0. The number of hydrogen-bond acceptors (Lipinski definition) is 4. The fourth-order valence-electron chi connectivity index (χ4n) is 2.76. The van der Waals surface area contributed by atoms with Crippen molar-refractivity contribution in [3.63, 3.8) is 0 Å². The maximum atomic E-state index is 13.0. The van der Waals surface area contributed by atoms with E-state index < -0.39 is 5.97 Å². The highest BCUT2D eigenvalue weighted by Crippen LogP contribution is 2.31. The zero-order chi connectivity index (χ0) is 20.4. The number of nitrogens with zero attached hydrogens (tertiary/aromatic N) is 1. The second-order valence-electron chi connectivity index (χ2n) is 6.09. The minimum Gasteiger partial charge on any atom is -0.403 e. The minimum absolute atomic E-state index is 0.0443. The van der Waals surface area contributed by atoms with Gasteiger partial charge in [0, 0.05) is 16.3 Å². The van der Waals surface area contributed by atoms with Gasteiger partial charge in [0.25, 0.3) is 0 Å². The Morgan fingerprint density at radius 3 is 2.11 bits per heavy atom. The third kappa shape index (κ3) is 4.20. The van der Waals surface area contributed by atoms with Crippen molar-refractivity contribution < 1.29 is 14.3 Å². The average molecular weight is 435 g/mol. The summed E-state index contributed by atoms with van der Waals surface area (Å²) in [4.78, 5) is 30.0. The second-order valence-corrected chi connectivity index (χ2v) is 7.34. The molecule has 0 bridgehead atoms. The molecule has 0 aliphatic carbocycles. The first-order valence-electron chi connectivity index (χ1n) is 8.22. The molecule has 0 atom stereocenters. The molecule has 1 heterocycles. The van der Waals surface area contributed by atoms with Crippen LogP contribution in [0.3, 0.4) is 0 Å². The summed E-state index contributed by atoms with van der Waals surface area (Å²) in [5, 5.41) is 0.377. The van der Waals surface area contributed by atoms with Crippen molar-refractivity contribution >= 4 is 46.6 Å². The van der Waals surface area contributed by atoms with Crippen LogP contribution in [0.2, 0.25) is 15.1 Å². The molecular weight excluding hydrogens is 421 g/mol. The number of pyridine rings is 1. The molecular formula is C21H14Cl3NO3. The number of rotatable bonds is 4. The van der Waals surface area contributed by atoms with Crippen molar-refractivity contribution in [1.29, 1.82) is 0 Å². The molecule has 0 unspecified atom stereocenters. The molecule has 0 fully saturated rings. The number of hydrogen-bond donors (Lipinski definition) is 0. The molecule has 28 heavy (non-hydrogen) atoms. The van der Waals surface area contributed by atoms with E-state index in [1.165, 1.54) is 12.1 Å². The number of esters is 1. The van der Waals surface area contributed by atoms with E-state index >= 15 is 0 Å². The molecule has 0 radical (unpaired) electrons. The highest BCUT2D eigenvalue weighted by molar-refractivity contribution is 6.42. The Balaban J connectivity index is 2.05. The van der Waals surface area contributed by atoms with Crippen LogP contribution in [0.4, 0.5) is 0 Å². The van der Waals surface area contributed by atoms with Gasteiger partial charge in [-0.2, -0.15) is 0 Å². The summed E-state index contributed by atoms with van der Waals surface area (Å²) in [5.41, 5.74) is 1.84. The number of carbonyl (C=O) groups excluding carboxylic acids is 2. The van der Waals surface area contributed by atoms with Crippen molar-refractivity contribution in [3.05, 3.63) is 91.5 Å². The number of ether oxygens (including phenoxy) is 1. The lowest BCUT2D eigenvalue weighted by atomic mass is 10.00. The van der Waals surface area contributed by atoms with E-state index in [1.807, 2.05) is 6.07 Å². The van der Waals surface area contributed by atoms with Gasteiger partial charge in [-0.1, -0.05) is 65.1 Å². The van der Waals surface area contributed by atoms with Crippen molar-refractivity contribution in [3.8, 4) is 5.88 Å². The van der Waals surface area contributed by atoms with E-state index in [0.717, 1.165) is 0 Å². The first kappa shape index (κ1) is 20.3. The van der Waals surface area contributed by atoms with Crippen LogP contribution >= 0.6 is 34.8 Å². The highest BCUT2D eigenvalue weighted by atomic mass is 35.5. The predicted molar refractivity (Wildman–Crippen MR) is 110 cm³/mol. The molecule has 0 saturated carbocycles. The number of aryl methyl sites for hydroxylation is 2. The third-order valence-electron chi connectivity index (χ3n) is 3.97. The highest BCUT2D eigenvalue weighted by Gasteiger charge is 2.24. The quantitative estimate of drug-likeness (QED) is 0.367. The molecule has 3 aromatic rings. The summed E-state index contributed by atoms with van der Waals surface area (Å²) in [5.74, 6) is -1.23. The van der Waals surface area contributed by atoms with Crippen LogP contribution < -0.4 is 4.74 Å². The van der Waals surface area contributed by atoms with Crippen molar-refractivity contribution in [1.82, 2.24) is 4.98 Å². The Morgan fingerprint density at radius 1 is 0.893 bits per heavy atom. The van der Waals surface area contributed by atoms with Gasteiger partial charge in [-0.3, -0.25) is 4.79 Å². The predicted octanol–water partition coefficient (Wildman–Crippen LogP) is 6.11. The smallest absolute Gasteiger partial charge is 0.347 e. The second kappa shape index (κ2) is 8.31. The Bertz CT molecular complexity index is 1060. The van der Waals surface area contributed by atoms with Gasteiger partial charge < -0.3 is 4.74 Å². The Morgan fingerprint density at radius 2 is 1.50 bits per heavy atom. The molecule has 7 heteroatoms. The van der Waals surface area contributed by atoms with Gasteiger partial charge in [-0.05, 0) is 37.6 Å². The maximum absolute atomic E-state index is 13.0. The van der Waals surface area contributed by atoms with Gasteiger partial charge in [0.05, 0.1) is 21.2 Å². The summed E-state index contributed by atoms with van der Waals surface area (Å²) < 4.78 is 5.45. The van der Waals surface area contributed by atoms with E-state index in [0.29, 0.717) is 16.8 Å². The van der Waals surface area contributed by atoms with Gasteiger partial charge in [0.15, 0.2) is 5.78 Å². The zero-order valence-electron chi connectivity index (χ0n) is 14.9. The van der Waals surface area contributed by atoms with E-state index in [9.17, 15) is 9.59 Å². The number of ketones is 1. The monoisotopic (exact) mass is 433 g/mol. The van der Waals surface area contributed by atoms with Crippen molar-refractivity contribution in [2.75, 3.05) is 0 Å². The van der Waals surface area contributed by atoms with E-state index in [2.05, 4.69) is 4.98 Å². The van der Waals surface area contributed by atoms with Crippen LogP contribution in [0.1, 0.15) is 37.5 Å². The largest absolute Gasteiger partial charge is 0.403 e. The Hall–Kier alpha value is -2.40. The first-order valence-corrected chi connectivity index (χ1v) is 9.36. The summed E-state index contributed by atoms with van der Waals surface area (Å²) >= 11 is 18.1. The Kier molecular flexibility index (Phi) is 6.04. The molecule has 0 N–H and O–H groups in total. The number of halogens is 3. The maximum Gasteiger partial charge on any atom is 0.347 e. The van der Waals surface area contributed by atoms with Crippen LogP contribution in [0, 0.1) is 13.8 Å². The minimum atomic E-state index is -0.828. The SMILES string of the molecule is Cc1cc(C)c(C(=O)c2ccccc2)c(OC(=O)c2c(Cl)cc(Cl)cc2Cl)n1.